The summed E-state index contributed by atoms with van der Waals surface area (Å²) >= 11 is 1.35. The summed E-state index contributed by atoms with van der Waals surface area (Å²) in [5.74, 6) is 0.470. The van der Waals surface area contributed by atoms with Crippen LogP contribution in [0, 0.1) is 0 Å². The molecule has 0 bridgehead atoms. The van der Waals surface area contributed by atoms with Crippen LogP contribution in [0.2, 0.25) is 0 Å². The normalized spacial score (nSPS) is 12.5. The predicted octanol–water partition coefficient (Wildman–Crippen LogP) is 3.34. The number of carbonyl (C=O) groups is 2. The maximum Gasteiger partial charge on any atom is 0.338 e. The Morgan fingerprint density at radius 2 is 1.83 bits per heavy atom. The number of thioether (sulfide) groups is 1. The quantitative estimate of drug-likeness (QED) is 0.460. The van der Waals surface area contributed by atoms with Crippen molar-refractivity contribution in [3.8, 4) is 0 Å². The Hall–Kier alpha value is -3.33. The van der Waals surface area contributed by atoms with Crippen LogP contribution in [-0.4, -0.2) is 45.5 Å². The average molecular weight is 423 g/mol. The summed E-state index contributed by atoms with van der Waals surface area (Å²) in [6.07, 6.45) is 0. The second-order valence-electron chi connectivity index (χ2n) is 6.56. The first-order chi connectivity index (χ1) is 14.7. The molecule has 3 aromatic rings. The Kier molecular flexibility index (Phi) is 5.99. The van der Waals surface area contributed by atoms with E-state index in [4.69, 9.17) is 4.74 Å². The molecule has 0 saturated heterocycles. The van der Waals surface area contributed by atoms with Crippen LogP contribution >= 0.6 is 11.8 Å². The number of amides is 1. The molecule has 0 fully saturated rings. The van der Waals surface area contributed by atoms with Gasteiger partial charge in [-0.05, 0) is 43.3 Å². The minimum atomic E-state index is -0.379. The summed E-state index contributed by atoms with van der Waals surface area (Å²) in [4.78, 5) is 26.1. The molecule has 0 aliphatic carbocycles. The molecule has 2 aromatic carbocycles. The average Bonchev–Trinajstić information content (AvgIpc) is 3.36. The van der Waals surface area contributed by atoms with Crippen molar-refractivity contribution in [2.24, 2.45) is 0 Å². The number of esters is 1. The van der Waals surface area contributed by atoms with Gasteiger partial charge in [0.15, 0.2) is 5.16 Å². The highest BCUT2D eigenvalue weighted by molar-refractivity contribution is 7.99. The van der Waals surface area contributed by atoms with Gasteiger partial charge in [0, 0.05) is 24.5 Å². The van der Waals surface area contributed by atoms with E-state index in [9.17, 15) is 9.59 Å². The van der Waals surface area contributed by atoms with Crippen molar-refractivity contribution in [3.05, 3.63) is 60.2 Å². The SMILES string of the molecule is CCOC(=O)c1ccc(NC(=O)CSc2nnc3n2CCN3c2ccccc2)cc1. The van der Waals surface area contributed by atoms with Gasteiger partial charge in [-0.15, -0.1) is 10.2 Å². The molecule has 154 valence electrons. The number of rotatable bonds is 7. The molecule has 0 spiro atoms. The highest BCUT2D eigenvalue weighted by Crippen LogP contribution is 2.31. The monoisotopic (exact) mass is 423 g/mol. The molecule has 8 nitrogen and oxygen atoms in total. The van der Waals surface area contributed by atoms with Crippen LogP contribution in [0.3, 0.4) is 0 Å². The van der Waals surface area contributed by atoms with Crippen LogP contribution in [-0.2, 0) is 16.1 Å². The van der Waals surface area contributed by atoms with Crippen molar-refractivity contribution < 1.29 is 14.3 Å². The van der Waals surface area contributed by atoms with Gasteiger partial charge in [0.1, 0.15) is 0 Å². The molecular formula is C21H21N5O3S. The molecule has 30 heavy (non-hydrogen) atoms. The fourth-order valence-electron chi connectivity index (χ4n) is 3.17. The van der Waals surface area contributed by atoms with Crippen LogP contribution in [0.1, 0.15) is 17.3 Å². The summed E-state index contributed by atoms with van der Waals surface area (Å²) in [5.41, 5.74) is 2.14. The minimum absolute atomic E-state index is 0.154. The third kappa shape index (κ3) is 4.30. The molecule has 0 radical (unpaired) electrons. The molecule has 1 N–H and O–H groups in total. The van der Waals surface area contributed by atoms with Gasteiger partial charge in [0.25, 0.3) is 0 Å². The third-order valence-electron chi connectivity index (χ3n) is 4.57. The highest BCUT2D eigenvalue weighted by atomic mass is 32.2. The first kappa shape index (κ1) is 20.0. The smallest absolute Gasteiger partial charge is 0.338 e. The Labute approximate surface area is 178 Å². The number of para-hydroxylation sites is 1. The van der Waals surface area contributed by atoms with E-state index in [-0.39, 0.29) is 17.6 Å². The van der Waals surface area contributed by atoms with Gasteiger partial charge in [0.2, 0.25) is 11.9 Å². The van der Waals surface area contributed by atoms with E-state index in [1.165, 1.54) is 11.8 Å². The number of hydrogen-bond donors (Lipinski definition) is 1. The van der Waals surface area contributed by atoms with Crippen LogP contribution in [0.4, 0.5) is 17.3 Å². The van der Waals surface area contributed by atoms with Crippen molar-refractivity contribution in [2.45, 2.75) is 18.6 Å². The van der Waals surface area contributed by atoms with Crippen molar-refractivity contribution >= 4 is 41.0 Å². The first-order valence-electron chi connectivity index (χ1n) is 9.61. The Morgan fingerprint density at radius 3 is 2.57 bits per heavy atom. The number of hydrogen-bond acceptors (Lipinski definition) is 7. The van der Waals surface area contributed by atoms with Gasteiger partial charge < -0.3 is 15.0 Å². The largest absolute Gasteiger partial charge is 0.462 e. The number of nitrogens with one attached hydrogen (secondary N) is 1. The van der Waals surface area contributed by atoms with Crippen molar-refractivity contribution in [1.82, 2.24) is 14.8 Å². The lowest BCUT2D eigenvalue weighted by molar-refractivity contribution is -0.113. The van der Waals surface area contributed by atoms with Crippen molar-refractivity contribution in [3.63, 3.8) is 0 Å². The summed E-state index contributed by atoms with van der Waals surface area (Å²) in [6, 6.07) is 16.7. The first-order valence-corrected chi connectivity index (χ1v) is 10.6. The van der Waals surface area contributed by atoms with E-state index < -0.39 is 0 Å². The topological polar surface area (TPSA) is 89.3 Å². The number of aromatic nitrogens is 3. The van der Waals surface area contributed by atoms with Gasteiger partial charge in [-0.2, -0.15) is 0 Å². The number of nitrogens with zero attached hydrogens (tertiary/aromatic N) is 4. The summed E-state index contributed by atoms with van der Waals surface area (Å²) in [5, 5.41) is 12.1. The van der Waals surface area contributed by atoms with Crippen LogP contribution in [0.15, 0.2) is 59.8 Å². The molecule has 2 heterocycles. The standard InChI is InChI=1S/C21H21N5O3S/c1-2-29-19(28)15-8-10-16(11-9-15)22-18(27)14-30-21-24-23-20-25(12-13-26(20)21)17-6-4-3-5-7-17/h3-11H,2,12-14H2,1H3,(H,22,27). The Morgan fingerprint density at radius 1 is 1.07 bits per heavy atom. The maximum atomic E-state index is 12.3. The van der Waals surface area contributed by atoms with E-state index in [0.717, 1.165) is 29.9 Å². The lowest BCUT2D eigenvalue weighted by Crippen LogP contribution is -2.15. The Balaban J connectivity index is 1.34. The van der Waals surface area contributed by atoms with Gasteiger partial charge in [-0.3, -0.25) is 9.36 Å². The van der Waals surface area contributed by atoms with Crippen molar-refractivity contribution in [2.75, 3.05) is 29.1 Å². The van der Waals surface area contributed by atoms with Crippen molar-refractivity contribution in [1.29, 1.82) is 0 Å². The van der Waals surface area contributed by atoms with E-state index >= 15 is 0 Å². The van der Waals surface area contributed by atoms with Crippen LogP contribution in [0.5, 0.6) is 0 Å². The molecule has 1 amide bonds. The lowest BCUT2D eigenvalue weighted by Gasteiger charge is -2.14. The van der Waals surface area contributed by atoms with E-state index in [1.54, 1.807) is 31.2 Å². The zero-order valence-electron chi connectivity index (χ0n) is 16.4. The zero-order chi connectivity index (χ0) is 20.9. The van der Waals surface area contributed by atoms with Gasteiger partial charge in [-0.25, -0.2) is 4.79 Å². The molecule has 9 heteroatoms. The fourth-order valence-corrected chi connectivity index (χ4v) is 3.93. The summed E-state index contributed by atoms with van der Waals surface area (Å²) in [6.45, 7) is 3.68. The highest BCUT2D eigenvalue weighted by Gasteiger charge is 2.26. The van der Waals surface area contributed by atoms with Gasteiger partial charge >= 0.3 is 5.97 Å². The molecule has 0 saturated carbocycles. The number of fused-ring (bicyclic) bond motifs is 1. The number of benzene rings is 2. The van der Waals surface area contributed by atoms with Crippen LogP contribution < -0.4 is 10.2 Å². The number of anilines is 3. The summed E-state index contributed by atoms with van der Waals surface area (Å²) in [7, 11) is 0. The number of ether oxygens (including phenoxy) is 1. The molecular weight excluding hydrogens is 402 g/mol. The number of carbonyl (C=O) groups excluding carboxylic acids is 2. The lowest BCUT2D eigenvalue weighted by atomic mass is 10.2. The fraction of sp³-hybridized carbons (Fsp3) is 0.238. The molecule has 0 atom stereocenters. The van der Waals surface area contributed by atoms with E-state index in [2.05, 4.69) is 20.4 Å². The zero-order valence-corrected chi connectivity index (χ0v) is 17.3. The van der Waals surface area contributed by atoms with E-state index in [0.29, 0.717) is 17.9 Å². The summed E-state index contributed by atoms with van der Waals surface area (Å²) < 4.78 is 6.98. The molecule has 1 aliphatic rings. The molecule has 4 rings (SSSR count). The van der Waals surface area contributed by atoms with E-state index in [1.807, 2.05) is 34.9 Å². The van der Waals surface area contributed by atoms with Gasteiger partial charge in [0.05, 0.1) is 17.9 Å². The third-order valence-corrected chi connectivity index (χ3v) is 5.53. The predicted molar refractivity (Wildman–Crippen MR) is 115 cm³/mol. The van der Waals surface area contributed by atoms with Gasteiger partial charge in [-0.1, -0.05) is 30.0 Å². The molecule has 1 aromatic heterocycles. The van der Waals surface area contributed by atoms with Crippen LogP contribution in [0.25, 0.3) is 0 Å². The molecule has 0 unspecified atom stereocenters. The second kappa shape index (κ2) is 9.00. The second-order valence-corrected chi connectivity index (χ2v) is 7.50. The Bertz CT molecular complexity index is 1040. The minimum Gasteiger partial charge on any atom is -0.462 e. The maximum absolute atomic E-state index is 12.3. The molecule has 1 aliphatic heterocycles.